The number of rotatable bonds is 17. The second-order valence-electron chi connectivity index (χ2n) is 17.6. The molecule has 4 rings (SSSR count). The van der Waals surface area contributed by atoms with E-state index in [-0.39, 0.29) is 43.3 Å². The van der Waals surface area contributed by atoms with Crippen molar-refractivity contribution in [1.29, 1.82) is 0 Å². The van der Waals surface area contributed by atoms with Gasteiger partial charge in [0, 0.05) is 23.9 Å². The molecule has 0 aliphatic heterocycles. The van der Waals surface area contributed by atoms with Gasteiger partial charge in [0.15, 0.2) is 11.9 Å². The molecule has 0 aliphatic rings. The first-order valence-electron chi connectivity index (χ1n) is 21.9. The average molecular weight is 969 g/mol. The van der Waals surface area contributed by atoms with Crippen LogP contribution in [-0.2, 0) is 65.4 Å². The standard InChI is InChI=1S/C25H31NO4.C18H18O3.C8H14F3NO4S/c1-6-30-24(29)22(17(2)23(28)26-25(3,4)5)21(27)16-18-12-14-20(15-13-18)19-10-8-7-9-11-19;1-2-21-18(20)13-17(19)12-14-8-10-16(11-9-14)15-6-4-3-5-7-15;1-5(6(13)12-7(2,3)4)16-17(14,15)8(9,10)11/h7-15,17,22H,6,16H2,1-5H3,(H,26,28);3-11H,2,12-13H2,1H3;5H,1-4H3,(H,12,13)/t17-,22?;;5-/m1.1/s1. The van der Waals surface area contributed by atoms with Crippen LogP contribution >= 0.6 is 0 Å². The molecule has 0 bridgehead atoms. The van der Waals surface area contributed by atoms with Crippen LogP contribution < -0.4 is 10.6 Å². The predicted octanol–water partition coefficient (Wildman–Crippen LogP) is 8.77. The Balaban J connectivity index is 0.000000367. The zero-order valence-electron chi connectivity index (χ0n) is 40.2. The number of nitrogens with one attached hydrogen (secondary N) is 2. The van der Waals surface area contributed by atoms with Crippen molar-refractivity contribution in [3.8, 4) is 22.3 Å². The zero-order chi connectivity index (χ0) is 51.5. The SMILES string of the molecule is CCOC(=O)C(C(=O)Cc1ccc(-c2ccccc2)cc1)[C@@H](C)C(=O)NC(C)(C)C.CCOC(=O)CC(=O)Cc1ccc(-c2ccccc2)cc1.C[C@@H](OS(=O)(=O)C(F)(F)F)C(=O)NC(C)(C)C. The number of carbonyl (C=O) groups is 6. The maximum absolute atomic E-state index is 13.0. The summed E-state index contributed by atoms with van der Waals surface area (Å²) in [6, 6.07) is 35.5. The van der Waals surface area contributed by atoms with Crippen LogP contribution in [0.4, 0.5) is 13.2 Å². The van der Waals surface area contributed by atoms with Crippen LogP contribution in [0.2, 0.25) is 0 Å². The Bertz CT molecular complexity index is 2380. The molecule has 0 aliphatic carbocycles. The number of carbonyl (C=O) groups excluding carboxylic acids is 6. The lowest BCUT2D eigenvalue weighted by Gasteiger charge is -2.26. The second-order valence-corrected chi connectivity index (χ2v) is 19.2. The van der Waals surface area contributed by atoms with Gasteiger partial charge in [-0.3, -0.25) is 33.0 Å². The van der Waals surface area contributed by atoms with Crippen LogP contribution in [0.25, 0.3) is 22.3 Å². The molecule has 3 atom stereocenters. The summed E-state index contributed by atoms with van der Waals surface area (Å²) in [6.45, 7) is 16.7. The molecule has 4 aromatic carbocycles. The minimum absolute atomic E-state index is 0.0612. The Morgan fingerprint density at radius 3 is 1.37 bits per heavy atom. The summed E-state index contributed by atoms with van der Waals surface area (Å²) in [5.74, 6) is -4.79. The molecular formula is C51H63F3N2O11S. The van der Waals surface area contributed by atoms with Gasteiger partial charge in [0.2, 0.25) is 5.91 Å². The normalized spacial score (nSPS) is 12.8. The molecule has 13 nitrogen and oxygen atoms in total. The highest BCUT2D eigenvalue weighted by Gasteiger charge is 2.49. The van der Waals surface area contributed by atoms with E-state index < -0.39 is 62.5 Å². The largest absolute Gasteiger partial charge is 0.523 e. The zero-order valence-corrected chi connectivity index (χ0v) is 41.0. The van der Waals surface area contributed by atoms with Crippen molar-refractivity contribution >= 4 is 45.4 Å². The molecule has 0 saturated carbocycles. The lowest BCUT2D eigenvalue weighted by Crippen LogP contribution is -2.47. The fraction of sp³-hybridized carbons (Fsp3) is 0.412. The molecule has 370 valence electrons. The lowest BCUT2D eigenvalue weighted by atomic mass is 9.85. The van der Waals surface area contributed by atoms with E-state index in [1.807, 2.05) is 130 Å². The van der Waals surface area contributed by atoms with Crippen LogP contribution in [0.15, 0.2) is 109 Å². The number of ether oxygens (including phenoxy) is 2. The molecule has 2 amide bonds. The molecule has 1 unspecified atom stereocenters. The first-order chi connectivity index (χ1) is 31.6. The Kier molecular flexibility index (Phi) is 22.5. The van der Waals surface area contributed by atoms with Gasteiger partial charge in [-0.05, 0) is 95.7 Å². The van der Waals surface area contributed by atoms with Gasteiger partial charge >= 0.3 is 27.6 Å². The molecule has 2 N–H and O–H groups in total. The van der Waals surface area contributed by atoms with E-state index >= 15 is 0 Å². The first-order valence-corrected chi connectivity index (χ1v) is 23.3. The minimum Gasteiger partial charge on any atom is -0.466 e. The molecule has 68 heavy (non-hydrogen) atoms. The van der Waals surface area contributed by atoms with Crippen LogP contribution in [0.3, 0.4) is 0 Å². The number of benzene rings is 4. The smallest absolute Gasteiger partial charge is 0.466 e. The number of esters is 2. The average Bonchev–Trinajstić information content (AvgIpc) is 3.24. The summed E-state index contributed by atoms with van der Waals surface area (Å²) >= 11 is 0. The van der Waals surface area contributed by atoms with Gasteiger partial charge in [-0.2, -0.15) is 21.6 Å². The van der Waals surface area contributed by atoms with E-state index in [1.54, 1.807) is 41.5 Å². The van der Waals surface area contributed by atoms with Crippen LogP contribution in [0.1, 0.15) is 86.8 Å². The summed E-state index contributed by atoms with van der Waals surface area (Å²) in [7, 11) is -5.76. The summed E-state index contributed by atoms with van der Waals surface area (Å²) in [5, 5.41) is 5.14. The van der Waals surface area contributed by atoms with Gasteiger partial charge in [-0.25, -0.2) is 0 Å². The Labute approximate surface area is 397 Å². The quantitative estimate of drug-likeness (QED) is 0.0446. The second kappa shape index (κ2) is 26.4. The summed E-state index contributed by atoms with van der Waals surface area (Å²) in [5.41, 5.74) is -0.611. The van der Waals surface area contributed by atoms with Gasteiger partial charge in [0.25, 0.3) is 5.91 Å². The van der Waals surface area contributed by atoms with E-state index in [2.05, 4.69) is 14.8 Å². The molecular weight excluding hydrogens is 906 g/mol. The molecule has 17 heteroatoms. The summed E-state index contributed by atoms with van der Waals surface area (Å²) in [4.78, 5) is 72.4. The number of alkyl halides is 3. The maximum atomic E-state index is 13.0. The molecule has 4 aromatic rings. The van der Waals surface area contributed by atoms with Crippen molar-refractivity contribution in [1.82, 2.24) is 10.6 Å². The van der Waals surface area contributed by atoms with Crippen LogP contribution in [-0.4, -0.2) is 79.6 Å². The van der Waals surface area contributed by atoms with Gasteiger partial charge in [0.1, 0.15) is 18.1 Å². The fourth-order valence-electron chi connectivity index (χ4n) is 6.11. The molecule has 0 spiro atoms. The van der Waals surface area contributed by atoms with Crippen molar-refractivity contribution < 1.29 is 64.0 Å². The highest BCUT2D eigenvalue weighted by molar-refractivity contribution is 7.87. The molecule has 0 heterocycles. The number of hydrogen-bond acceptors (Lipinski definition) is 11. The Morgan fingerprint density at radius 1 is 0.574 bits per heavy atom. The fourth-order valence-corrected chi connectivity index (χ4v) is 6.68. The minimum atomic E-state index is -5.76. The first kappa shape index (κ1) is 57.9. The third-order valence-electron chi connectivity index (χ3n) is 9.27. The van der Waals surface area contributed by atoms with E-state index in [0.29, 0.717) is 6.61 Å². The van der Waals surface area contributed by atoms with Crippen LogP contribution in [0.5, 0.6) is 0 Å². The third-order valence-corrected chi connectivity index (χ3v) is 10.4. The summed E-state index contributed by atoms with van der Waals surface area (Å²) < 4.78 is 70.7. The maximum Gasteiger partial charge on any atom is 0.523 e. The van der Waals surface area contributed by atoms with Crippen molar-refractivity contribution in [2.24, 2.45) is 11.8 Å². The number of Topliss-reactive ketones (excluding diaryl/α,β-unsaturated/α-hetero) is 2. The number of halogens is 3. The Hall–Kier alpha value is -6.20. The summed E-state index contributed by atoms with van der Waals surface area (Å²) in [6.07, 6.45) is -1.59. The number of ketones is 2. The van der Waals surface area contributed by atoms with Gasteiger partial charge in [-0.15, -0.1) is 0 Å². The topological polar surface area (TPSA) is 188 Å². The van der Waals surface area contributed by atoms with Gasteiger partial charge in [-0.1, -0.05) is 116 Å². The van der Waals surface area contributed by atoms with E-state index in [4.69, 9.17) is 9.47 Å². The highest BCUT2D eigenvalue weighted by atomic mass is 32.2. The molecule has 0 saturated heterocycles. The van der Waals surface area contributed by atoms with Gasteiger partial charge in [0.05, 0.1) is 19.1 Å². The monoisotopic (exact) mass is 968 g/mol. The lowest BCUT2D eigenvalue weighted by molar-refractivity contribution is -0.156. The van der Waals surface area contributed by atoms with Crippen LogP contribution in [0, 0.1) is 11.8 Å². The molecule has 0 fully saturated rings. The Morgan fingerprint density at radius 2 is 0.971 bits per heavy atom. The van der Waals surface area contributed by atoms with Crippen molar-refractivity contribution in [3.05, 3.63) is 120 Å². The van der Waals surface area contributed by atoms with Crippen molar-refractivity contribution in [2.75, 3.05) is 13.2 Å². The van der Waals surface area contributed by atoms with E-state index in [1.165, 1.54) is 0 Å². The number of hydrogen-bond donors (Lipinski definition) is 2. The third kappa shape index (κ3) is 20.8. The van der Waals surface area contributed by atoms with Crippen molar-refractivity contribution in [3.63, 3.8) is 0 Å². The van der Waals surface area contributed by atoms with E-state index in [0.717, 1.165) is 40.3 Å². The van der Waals surface area contributed by atoms with Gasteiger partial charge < -0.3 is 20.1 Å². The predicted molar refractivity (Wildman–Crippen MR) is 253 cm³/mol. The molecule has 0 radical (unpaired) electrons. The van der Waals surface area contributed by atoms with E-state index in [9.17, 15) is 50.4 Å². The highest BCUT2D eigenvalue weighted by Crippen LogP contribution is 2.26. The molecule has 0 aromatic heterocycles. The number of amides is 2. The van der Waals surface area contributed by atoms with Crippen molar-refractivity contribution in [2.45, 2.75) is 111 Å².